The van der Waals surface area contributed by atoms with Crippen LogP contribution < -0.4 is 0 Å². The van der Waals surface area contributed by atoms with Crippen molar-refractivity contribution < 1.29 is 21.1 Å². The van der Waals surface area contributed by atoms with Crippen LogP contribution in [-0.4, -0.2) is 0 Å². The first-order chi connectivity index (χ1) is 4.39. The van der Waals surface area contributed by atoms with Gasteiger partial charge in [-0.2, -0.15) is 31.5 Å². The normalized spacial score (nSPS) is 6.60. The summed E-state index contributed by atoms with van der Waals surface area (Å²) in [4.78, 5) is 0. The van der Waals surface area contributed by atoms with E-state index < -0.39 is 0 Å². The number of benzene rings is 1. The van der Waals surface area contributed by atoms with E-state index in [0.29, 0.717) is 0 Å². The maximum Gasteiger partial charge on any atom is 2.00 e. The summed E-state index contributed by atoms with van der Waals surface area (Å²) in [6.07, 6.45) is 0. The Labute approximate surface area is 77.9 Å². The van der Waals surface area contributed by atoms with Gasteiger partial charge in [-0.05, 0) is 0 Å². The molecule has 0 bridgehead atoms. The quantitative estimate of drug-likeness (QED) is 0.647. The summed E-state index contributed by atoms with van der Waals surface area (Å²) >= 11 is 0. The van der Waals surface area contributed by atoms with Gasteiger partial charge in [0.15, 0.2) is 0 Å². The molecule has 0 spiro atoms. The minimum atomic E-state index is 0. The summed E-state index contributed by atoms with van der Waals surface area (Å²) in [6.45, 7) is 8.72. The zero-order valence-corrected chi connectivity index (χ0v) is 9.14. The molecule has 1 rings (SSSR count). The molecule has 0 unspecified atom stereocenters. The minimum absolute atomic E-state index is 0. The standard InChI is InChI=1S/C7H7.C2H5.W/c1-7-5-3-2-4-6-7;1-2;/h2-6H,1H2;1H2,2H3;/q2*-1;+2. The molecule has 0 radical (unpaired) electrons. The second-order valence-corrected chi connectivity index (χ2v) is 1.49. The molecule has 0 nitrogen and oxygen atoms in total. The van der Waals surface area contributed by atoms with E-state index >= 15 is 0 Å². The fourth-order valence-corrected chi connectivity index (χ4v) is 0.478. The maximum absolute atomic E-state index is 3.72. The second-order valence-electron chi connectivity index (χ2n) is 1.49. The summed E-state index contributed by atoms with van der Waals surface area (Å²) < 4.78 is 0. The Morgan fingerprint density at radius 3 is 1.60 bits per heavy atom. The van der Waals surface area contributed by atoms with Gasteiger partial charge in [0.25, 0.3) is 0 Å². The van der Waals surface area contributed by atoms with Crippen LogP contribution in [0.15, 0.2) is 30.3 Å². The van der Waals surface area contributed by atoms with E-state index in [1.54, 1.807) is 6.92 Å². The van der Waals surface area contributed by atoms with Gasteiger partial charge in [0, 0.05) is 0 Å². The predicted molar refractivity (Wildman–Crippen MR) is 41.9 cm³/mol. The molecule has 54 valence electrons. The van der Waals surface area contributed by atoms with Crippen molar-refractivity contribution >= 4 is 0 Å². The Hall–Kier alpha value is -0.222. The van der Waals surface area contributed by atoms with Crippen molar-refractivity contribution in [3.63, 3.8) is 0 Å². The molecule has 0 amide bonds. The Balaban J connectivity index is 0. The first-order valence-corrected chi connectivity index (χ1v) is 2.97. The molecular weight excluding hydrogens is 292 g/mol. The molecule has 0 heterocycles. The summed E-state index contributed by atoms with van der Waals surface area (Å²) in [6, 6.07) is 9.87. The van der Waals surface area contributed by atoms with E-state index in [4.69, 9.17) is 0 Å². The first-order valence-electron chi connectivity index (χ1n) is 2.97. The monoisotopic (exact) mass is 304 g/mol. The molecule has 0 aliphatic carbocycles. The van der Waals surface area contributed by atoms with Gasteiger partial charge in [-0.3, -0.25) is 0 Å². The molecule has 0 saturated carbocycles. The van der Waals surface area contributed by atoms with E-state index in [1.165, 1.54) is 0 Å². The summed E-state index contributed by atoms with van der Waals surface area (Å²) in [5, 5.41) is 0. The Morgan fingerprint density at radius 1 is 1.00 bits per heavy atom. The number of hydrogen-bond acceptors (Lipinski definition) is 0. The average molecular weight is 304 g/mol. The van der Waals surface area contributed by atoms with Gasteiger partial charge in [-0.15, -0.1) is 12.1 Å². The van der Waals surface area contributed by atoms with Gasteiger partial charge in [0.1, 0.15) is 0 Å². The smallest absolute Gasteiger partial charge is 0.346 e. The fraction of sp³-hybridized carbons (Fsp3) is 0.111. The van der Waals surface area contributed by atoms with Crippen LogP contribution in [0.1, 0.15) is 12.5 Å². The van der Waals surface area contributed by atoms with Gasteiger partial charge < -0.3 is 6.92 Å². The van der Waals surface area contributed by atoms with Crippen LogP contribution >= 0.6 is 0 Å². The summed E-state index contributed by atoms with van der Waals surface area (Å²) in [5.74, 6) is 0. The average Bonchev–Trinajstić information content (AvgIpc) is 1.94. The minimum Gasteiger partial charge on any atom is -0.346 e. The molecule has 0 aromatic heterocycles. The largest absolute Gasteiger partial charge is 2.00 e. The molecule has 0 aliphatic rings. The van der Waals surface area contributed by atoms with Gasteiger partial charge in [-0.25, -0.2) is 0 Å². The molecule has 1 heteroatoms. The van der Waals surface area contributed by atoms with Crippen LogP contribution in [0, 0.1) is 13.8 Å². The van der Waals surface area contributed by atoms with Gasteiger partial charge in [0.2, 0.25) is 0 Å². The third-order valence-electron chi connectivity index (χ3n) is 0.843. The van der Waals surface area contributed by atoms with Crippen LogP contribution in [0.25, 0.3) is 0 Å². The van der Waals surface area contributed by atoms with Crippen LogP contribution in [-0.2, 0) is 21.1 Å². The Kier molecular flexibility index (Phi) is 10.9. The van der Waals surface area contributed by atoms with Crippen molar-refractivity contribution in [2.75, 3.05) is 0 Å². The molecule has 0 atom stereocenters. The van der Waals surface area contributed by atoms with Crippen molar-refractivity contribution in [1.82, 2.24) is 0 Å². The van der Waals surface area contributed by atoms with Gasteiger partial charge >= 0.3 is 21.1 Å². The molecule has 0 fully saturated rings. The van der Waals surface area contributed by atoms with Crippen LogP contribution in [0.3, 0.4) is 0 Å². The van der Waals surface area contributed by atoms with Crippen LogP contribution in [0.5, 0.6) is 0 Å². The predicted octanol–water partition coefficient (Wildman–Crippen LogP) is 2.71. The molecule has 1 aromatic carbocycles. The van der Waals surface area contributed by atoms with Crippen molar-refractivity contribution in [1.29, 1.82) is 0 Å². The Bertz CT molecular complexity index is 135. The third kappa shape index (κ3) is 5.91. The van der Waals surface area contributed by atoms with E-state index in [-0.39, 0.29) is 21.1 Å². The summed E-state index contributed by atoms with van der Waals surface area (Å²) in [7, 11) is 0. The number of hydrogen-bond donors (Lipinski definition) is 0. The summed E-state index contributed by atoms with van der Waals surface area (Å²) in [5.41, 5.74) is 1.07. The fourth-order valence-electron chi connectivity index (χ4n) is 0.478. The van der Waals surface area contributed by atoms with E-state index in [9.17, 15) is 0 Å². The third-order valence-corrected chi connectivity index (χ3v) is 0.843. The molecule has 1 aromatic rings. The Morgan fingerprint density at radius 2 is 1.40 bits per heavy atom. The SMILES string of the molecule is [CH2-]C.[CH2-]c1ccccc1.[W+2]. The first kappa shape index (κ1) is 12.5. The van der Waals surface area contributed by atoms with E-state index in [1.807, 2.05) is 30.3 Å². The number of rotatable bonds is 0. The van der Waals surface area contributed by atoms with Crippen LogP contribution in [0.4, 0.5) is 0 Å². The second kappa shape index (κ2) is 8.78. The zero-order valence-electron chi connectivity index (χ0n) is 6.21. The van der Waals surface area contributed by atoms with Crippen molar-refractivity contribution in [2.24, 2.45) is 0 Å². The van der Waals surface area contributed by atoms with Crippen molar-refractivity contribution in [3.8, 4) is 0 Å². The maximum atomic E-state index is 3.72. The van der Waals surface area contributed by atoms with Crippen molar-refractivity contribution in [2.45, 2.75) is 6.92 Å². The topological polar surface area (TPSA) is 0 Å². The molecule has 10 heavy (non-hydrogen) atoms. The van der Waals surface area contributed by atoms with Crippen molar-refractivity contribution in [3.05, 3.63) is 49.7 Å². The molecular formula is C9H12W. The van der Waals surface area contributed by atoms with E-state index in [0.717, 1.165) is 5.56 Å². The van der Waals surface area contributed by atoms with Crippen LogP contribution in [0.2, 0.25) is 0 Å². The molecule has 0 saturated heterocycles. The van der Waals surface area contributed by atoms with Gasteiger partial charge in [-0.1, -0.05) is 6.07 Å². The molecule has 0 aliphatic heterocycles. The molecule has 0 N–H and O–H groups in total. The van der Waals surface area contributed by atoms with E-state index in [2.05, 4.69) is 13.8 Å². The zero-order chi connectivity index (χ0) is 7.11. The van der Waals surface area contributed by atoms with Gasteiger partial charge in [0.05, 0.1) is 0 Å².